The minimum Gasteiger partial charge on any atom is -0.457 e. The molecule has 0 atom stereocenters. The second kappa shape index (κ2) is 6.69. The average molecular weight is 258 g/mol. The molecule has 6 heteroatoms. The highest BCUT2D eigenvalue weighted by Crippen LogP contribution is 2.36. The Balaban J connectivity index is 3.79. The highest BCUT2D eigenvalue weighted by atomic mass is 28.4. The van der Waals surface area contributed by atoms with Gasteiger partial charge in [0.2, 0.25) is 0 Å². The molecule has 0 radical (unpaired) electrons. The van der Waals surface area contributed by atoms with E-state index in [2.05, 4.69) is 38.7 Å². The molecule has 0 aromatic carbocycles. The summed E-state index contributed by atoms with van der Waals surface area (Å²) < 4.78 is 10.7. The van der Waals surface area contributed by atoms with Crippen molar-refractivity contribution in [2.24, 2.45) is 0 Å². The van der Waals surface area contributed by atoms with Crippen LogP contribution in [0.3, 0.4) is 0 Å². The molecule has 5 nitrogen and oxygen atoms in total. The standard InChI is InChI=1S/C11H22N2O3Si/c1-11(2,3)17(4,5)16-8-6-7-15-10(14)9-13-12/h9H,6-8H2,1-5H3. The predicted octanol–water partition coefficient (Wildman–Crippen LogP) is 2.24. The van der Waals surface area contributed by atoms with Crippen LogP contribution in [0.15, 0.2) is 0 Å². The van der Waals surface area contributed by atoms with E-state index in [1.165, 1.54) is 0 Å². The van der Waals surface area contributed by atoms with Crippen molar-refractivity contribution >= 4 is 20.5 Å². The van der Waals surface area contributed by atoms with Crippen LogP contribution in [0.5, 0.6) is 0 Å². The minimum atomic E-state index is -1.70. The third-order valence-electron chi connectivity index (χ3n) is 2.97. The van der Waals surface area contributed by atoms with E-state index in [1.54, 1.807) is 0 Å². The van der Waals surface area contributed by atoms with Gasteiger partial charge >= 0.3 is 12.2 Å². The lowest BCUT2D eigenvalue weighted by Gasteiger charge is -2.36. The highest BCUT2D eigenvalue weighted by Gasteiger charge is 2.36. The van der Waals surface area contributed by atoms with E-state index in [0.29, 0.717) is 13.0 Å². The van der Waals surface area contributed by atoms with Gasteiger partial charge in [0.25, 0.3) is 0 Å². The van der Waals surface area contributed by atoms with Gasteiger partial charge in [-0.3, -0.25) is 0 Å². The molecule has 0 heterocycles. The summed E-state index contributed by atoms with van der Waals surface area (Å²) in [5.41, 5.74) is 8.09. The molecule has 0 unspecified atom stereocenters. The number of esters is 1. The molecule has 0 bridgehead atoms. The summed E-state index contributed by atoms with van der Waals surface area (Å²) in [5.74, 6) is -0.639. The van der Waals surface area contributed by atoms with Crippen molar-refractivity contribution < 1.29 is 18.7 Å². The van der Waals surface area contributed by atoms with Gasteiger partial charge in [-0.15, -0.1) is 0 Å². The molecule has 17 heavy (non-hydrogen) atoms. The second-order valence-corrected chi connectivity index (χ2v) is 10.2. The van der Waals surface area contributed by atoms with E-state index < -0.39 is 14.3 Å². The Bertz CT molecular complexity index is 304. The van der Waals surface area contributed by atoms with Gasteiger partial charge in [-0.1, -0.05) is 20.8 Å². The molecule has 0 fully saturated rings. The Kier molecular flexibility index (Phi) is 6.30. The van der Waals surface area contributed by atoms with Gasteiger partial charge in [0.1, 0.15) is 0 Å². The molecule has 0 aromatic heterocycles. The van der Waals surface area contributed by atoms with Gasteiger partial charge in [-0.25, -0.2) is 4.79 Å². The Morgan fingerprint density at radius 2 is 1.94 bits per heavy atom. The summed E-state index contributed by atoms with van der Waals surface area (Å²) in [6.07, 6.45) is 1.38. The van der Waals surface area contributed by atoms with E-state index in [0.717, 1.165) is 6.21 Å². The summed E-state index contributed by atoms with van der Waals surface area (Å²) in [7, 11) is -1.70. The molecule has 0 aliphatic carbocycles. The van der Waals surface area contributed by atoms with Gasteiger partial charge in [-0.2, -0.15) is 4.79 Å². The largest absolute Gasteiger partial charge is 0.457 e. The van der Waals surface area contributed by atoms with Crippen molar-refractivity contribution in [3.8, 4) is 0 Å². The number of carbonyl (C=O) groups is 1. The first-order valence-corrected chi connectivity index (χ1v) is 8.59. The molecule has 0 amide bonds. The van der Waals surface area contributed by atoms with Crippen LogP contribution in [-0.2, 0) is 14.0 Å². The lowest BCUT2D eigenvalue weighted by Crippen LogP contribution is -2.41. The number of rotatable bonds is 6. The molecular formula is C11H22N2O3Si. The Morgan fingerprint density at radius 3 is 2.41 bits per heavy atom. The van der Waals surface area contributed by atoms with Crippen molar-refractivity contribution in [2.45, 2.75) is 45.3 Å². The van der Waals surface area contributed by atoms with Gasteiger partial charge in [0, 0.05) is 13.0 Å². The Morgan fingerprint density at radius 1 is 1.35 bits per heavy atom. The zero-order valence-corrected chi connectivity index (χ0v) is 12.3. The third-order valence-corrected chi connectivity index (χ3v) is 7.50. The van der Waals surface area contributed by atoms with Gasteiger partial charge in [0.05, 0.1) is 6.61 Å². The van der Waals surface area contributed by atoms with Crippen molar-refractivity contribution in [2.75, 3.05) is 13.2 Å². The zero-order chi connectivity index (χ0) is 13.5. The predicted molar refractivity (Wildman–Crippen MR) is 68.4 cm³/mol. The van der Waals surface area contributed by atoms with Crippen LogP contribution in [0.2, 0.25) is 18.1 Å². The maximum absolute atomic E-state index is 10.8. The van der Waals surface area contributed by atoms with Crippen LogP contribution in [0.4, 0.5) is 0 Å². The number of carbonyl (C=O) groups excluding carboxylic acids is 1. The SMILES string of the molecule is CC(C)(C)[Si](C)(C)OCCCOC(=O)C=[N+]=[N-]. The minimum absolute atomic E-state index is 0.188. The molecule has 0 saturated carbocycles. The third kappa shape index (κ3) is 6.36. The summed E-state index contributed by atoms with van der Waals surface area (Å²) in [6, 6.07) is 0. The molecular weight excluding hydrogens is 236 g/mol. The summed E-state index contributed by atoms with van der Waals surface area (Å²) in [5, 5.41) is 0.188. The molecule has 0 N–H and O–H groups in total. The molecule has 98 valence electrons. The lowest BCUT2D eigenvalue weighted by molar-refractivity contribution is -0.139. The fourth-order valence-electron chi connectivity index (χ4n) is 0.860. The first kappa shape index (κ1) is 16.0. The van der Waals surface area contributed by atoms with Crippen LogP contribution in [0, 0.1) is 0 Å². The van der Waals surface area contributed by atoms with Crippen LogP contribution < -0.4 is 0 Å². The molecule has 0 aliphatic heterocycles. The second-order valence-electron chi connectivity index (χ2n) is 5.37. The van der Waals surface area contributed by atoms with E-state index in [4.69, 9.17) is 14.7 Å². The number of ether oxygens (including phenoxy) is 1. The monoisotopic (exact) mass is 258 g/mol. The van der Waals surface area contributed by atoms with Crippen LogP contribution in [0.1, 0.15) is 27.2 Å². The van der Waals surface area contributed by atoms with Gasteiger partial charge in [-0.05, 0) is 18.1 Å². The first-order valence-electron chi connectivity index (χ1n) is 5.69. The number of hydrogen-bond acceptors (Lipinski definition) is 3. The van der Waals surface area contributed by atoms with Crippen molar-refractivity contribution in [1.82, 2.24) is 0 Å². The van der Waals surface area contributed by atoms with Crippen molar-refractivity contribution in [3.05, 3.63) is 5.53 Å². The van der Waals surface area contributed by atoms with Crippen LogP contribution in [-0.4, -0.2) is 38.5 Å². The van der Waals surface area contributed by atoms with Crippen molar-refractivity contribution in [3.63, 3.8) is 0 Å². The van der Waals surface area contributed by atoms with E-state index >= 15 is 0 Å². The fraction of sp³-hybridized carbons (Fsp3) is 0.818. The molecule has 0 saturated heterocycles. The van der Waals surface area contributed by atoms with Crippen LogP contribution in [0.25, 0.3) is 5.53 Å². The maximum Gasteiger partial charge on any atom is 0.413 e. The van der Waals surface area contributed by atoms with Crippen LogP contribution >= 0.6 is 0 Å². The smallest absolute Gasteiger partial charge is 0.413 e. The zero-order valence-electron chi connectivity index (χ0n) is 11.3. The lowest BCUT2D eigenvalue weighted by atomic mass is 10.2. The van der Waals surface area contributed by atoms with Gasteiger partial charge < -0.3 is 14.7 Å². The maximum atomic E-state index is 10.8. The molecule has 0 rings (SSSR count). The topological polar surface area (TPSA) is 71.9 Å². The number of hydrogen-bond donors (Lipinski definition) is 0. The molecule has 0 spiro atoms. The van der Waals surface area contributed by atoms with E-state index in [-0.39, 0.29) is 11.6 Å². The Hall–Kier alpha value is -0.973. The van der Waals surface area contributed by atoms with E-state index in [1.807, 2.05) is 0 Å². The number of nitrogens with zero attached hydrogens (tertiary/aromatic N) is 2. The van der Waals surface area contributed by atoms with E-state index in [9.17, 15) is 4.79 Å². The Labute approximate surface area is 104 Å². The quantitative estimate of drug-likeness (QED) is 0.183. The average Bonchev–Trinajstić information content (AvgIpc) is 2.15. The molecule has 0 aliphatic rings. The fourth-order valence-corrected chi connectivity index (χ4v) is 1.95. The van der Waals surface area contributed by atoms with Gasteiger partial charge in [0.15, 0.2) is 8.32 Å². The summed E-state index contributed by atoms with van der Waals surface area (Å²) >= 11 is 0. The summed E-state index contributed by atoms with van der Waals surface area (Å²) in [6.45, 7) is 11.7. The normalized spacial score (nSPS) is 11.8. The van der Waals surface area contributed by atoms with Crippen molar-refractivity contribution in [1.29, 1.82) is 0 Å². The molecule has 0 aromatic rings. The summed E-state index contributed by atoms with van der Waals surface area (Å²) in [4.78, 5) is 13.4. The highest BCUT2D eigenvalue weighted by molar-refractivity contribution is 6.74. The first-order chi connectivity index (χ1) is 7.70.